The summed E-state index contributed by atoms with van der Waals surface area (Å²) in [6.07, 6.45) is 1.63. The van der Waals surface area contributed by atoms with Crippen LogP contribution in [0.25, 0.3) is 11.3 Å². The van der Waals surface area contributed by atoms with E-state index in [1.165, 1.54) is 6.20 Å². The molecule has 39 heavy (non-hydrogen) atoms. The van der Waals surface area contributed by atoms with Crippen LogP contribution >= 0.6 is 0 Å². The van der Waals surface area contributed by atoms with Crippen molar-refractivity contribution >= 4 is 23.4 Å². The molecular formula is C27H26F3N5O4. The van der Waals surface area contributed by atoms with Crippen molar-refractivity contribution in [3.8, 4) is 11.3 Å². The summed E-state index contributed by atoms with van der Waals surface area (Å²) < 4.78 is 43.2. The Balaban J connectivity index is 1.50. The third kappa shape index (κ3) is 5.11. The van der Waals surface area contributed by atoms with Crippen molar-refractivity contribution in [3.63, 3.8) is 0 Å². The molecule has 4 N–H and O–H groups in total. The molecule has 1 fully saturated rings. The van der Waals surface area contributed by atoms with E-state index in [9.17, 15) is 33.0 Å². The molecule has 2 aliphatic rings. The zero-order valence-electron chi connectivity index (χ0n) is 20.9. The number of piperidine rings is 1. The SMILES string of the molecule is C[C@H]1CN(c2c(NC(=O)c3ccc(F)c(-c4c(F)cccc4F)n3)cnc3c2CCC3)C[C@@H](NC(=O)O)[C@H]1O. The molecule has 204 valence electrons. The number of halogens is 3. The lowest BCUT2D eigenvalue weighted by Gasteiger charge is -2.42. The van der Waals surface area contributed by atoms with E-state index in [1.54, 1.807) is 6.92 Å². The monoisotopic (exact) mass is 541 g/mol. The summed E-state index contributed by atoms with van der Waals surface area (Å²) in [7, 11) is 0. The number of nitrogens with zero attached hydrogens (tertiary/aromatic N) is 3. The molecule has 12 heteroatoms. The average Bonchev–Trinajstić information content (AvgIpc) is 3.36. The number of nitrogens with one attached hydrogen (secondary N) is 2. The Morgan fingerprint density at radius 2 is 1.79 bits per heavy atom. The number of hydrogen-bond donors (Lipinski definition) is 4. The van der Waals surface area contributed by atoms with Crippen LogP contribution in [0.2, 0.25) is 0 Å². The first-order valence-electron chi connectivity index (χ1n) is 12.5. The molecule has 1 aliphatic heterocycles. The molecule has 1 aliphatic carbocycles. The molecule has 3 aromatic rings. The van der Waals surface area contributed by atoms with Gasteiger partial charge in [-0.1, -0.05) is 13.0 Å². The lowest BCUT2D eigenvalue weighted by molar-refractivity contribution is 0.0633. The highest BCUT2D eigenvalue weighted by atomic mass is 19.1. The van der Waals surface area contributed by atoms with Crippen molar-refractivity contribution in [3.05, 3.63) is 70.9 Å². The number of fused-ring (bicyclic) bond motifs is 1. The van der Waals surface area contributed by atoms with Crippen LogP contribution in [0.15, 0.2) is 36.5 Å². The highest BCUT2D eigenvalue weighted by Gasteiger charge is 2.37. The Labute approximate surface area is 221 Å². The number of amides is 2. The molecule has 5 rings (SSSR count). The van der Waals surface area contributed by atoms with Gasteiger partial charge in [0.05, 0.1) is 35.3 Å². The van der Waals surface area contributed by atoms with Gasteiger partial charge in [0.1, 0.15) is 28.8 Å². The maximum Gasteiger partial charge on any atom is 0.405 e. The third-order valence-corrected chi connectivity index (χ3v) is 7.15. The van der Waals surface area contributed by atoms with Crippen LogP contribution in [0.4, 0.5) is 29.3 Å². The molecule has 3 heterocycles. The van der Waals surface area contributed by atoms with Crippen molar-refractivity contribution in [2.24, 2.45) is 5.92 Å². The Morgan fingerprint density at radius 1 is 1.05 bits per heavy atom. The van der Waals surface area contributed by atoms with Gasteiger partial charge in [-0.2, -0.15) is 0 Å². The van der Waals surface area contributed by atoms with Gasteiger partial charge in [0.15, 0.2) is 0 Å². The largest absolute Gasteiger partial charge is 0.465 e. The second-order valence-corrected chi connectivity index (χ2v) is 9.81. The molecule has 0 radical (unpaired) electrons. The predicted octanol–water partition coefficient (Wildman–Crippen LogP) is 3.76. The summed E-state index contributed by atoms with van der Waals surface area (Å²) in [4.78, 5) is 34.9. The Kier molecular flexibility index (Phi) is 7.13. The number of pyridine rings is 2. The number of hydrogen-bond acceptors (Lipinski definition) is 6. The second kappa shape index (κ2) is 10.5. The first kappa shape index (κ1) is 26.4. The second-order valence-electron chi connectivity index (χ2n) is 9.81. The van der Waals surface area contributed by atoms with Crippen LogP contribution in [-0.2, 0) is 12.8 Å². The van der Waals surface area contributed by atoms with Gasteiger partial charge in [-0.25, -0.2) is 22.9 Å². The van der Waals surface area contributed by atoms with Gasteiger partial charge in [-0.3, -0.25) is 9.78 Å². The van der Waals surface area contributed by atoms with E-state index in [1.807, 2.05) is 4.90 Å². The van der Waals surface area contributed by atoms with Crippen LogP contribution in [0.1, 0.15) is 35.1 Å². The highest BCUT2D eigenvalue weighted by Crippen LogP contribution is 2.38. The van der Waals surface area contributed by atoms with Crippen molar-refractivity contribution in [2.45, 2.75) is 38.3 Å². The van der Waals surface area contributed by atoms with Crippen molar-refractivity contribution in [2.75, 3.05) is 23.3 Å². The minimum Gasteiger partial charge on any atom is -0.465 e. The number of benzene rings is 1. The number of carbonyl (C=O) groups excluding carboxylic acids is 1. The van der Waals surface area contributed by atoms with Crippen molar-refractivity contribution < 1.29 is 33.0 Å². The molecular weight excluding hydrogens is 515 g/mol. The summed E-state index contributed by atoms with van der Waals surface area (Å²) >= 11 is 0. The number of anilines is 2. The quantitative estimate of drug-likeness (QED) is 0.387. The zero-order valence-corrected chi connectivity index (χ0v) is 20.9. The number of carbonyl (C=O) groups is 2. The maximum absolute atomic E-state index is 14.5. The normalized spacial score (nSPS) is 20.4. The predicted molar refractivity (Wildman–Crippen MR) is 136 cm³/mol. The molecule has 3 atom stereocenters. The van der Waals surface area contributed by atoms with Crippen LogP contribution in [0, 0.1) is 23.4 Å². The van der Waals surface area contributed by atoms with E-state index in [-0.39, 0.29) is 18.2 Å². The molecule has 0 saturated carbocycles. The van der Waals surface area contributed by atoms with Gasteiger partial charge in [0.25, 0.3) is 5.91 Å². The van der Waals surface area contributed by atoms with Gasteiger partial charge in [0, 0.05) is 24.7 Å². The van der Waals surface area contributed by atoms with Gasteiger partial charge in [-0.05, 0) is 49.1 Å². The molecule has 0 bridgehead atoms. The topological polar surface area (TPSA) is 128 Å². The van der Waals surface area contributed by atoms with Crippen LogP contribution in [-0.4, -0.2) is 57.4 Å². The number of rotatable bonds is 5. The van der Waals surface area contributed by atoms with Gasteiger partial charge >= 0.3 is 6.09 Å². The molecule has 1 saturated heterocycles. The summed E-state index contributed by atoms with van der Waals surface area (Å²) in [5.41, 5.74) is 1.17. The smallest absolute Gasteiger partial charge is 0.405 e. The van der Waals surface area contributed by atoms with E-state index in [0.717, 1.165) is 54.4 Å². The molecule has 0 unspecified atom stereocenters. The van der Waals surface area contributed by atoms with Crippen molar-refractivity contribution in [1.29, 1.82) is 0 Å². The van der Waals surface area contributed by atoms with Crippen molar-refractivity contribution in [1.82, 2.24) is 15.3 Å². The van der Waals surface area contributed by atoms with E-state index in [2.05, 4.69) is 20.6 Å². The minimum absolute atomic E-state index is 0.155. The Bertz CT molecular complexity index is 1430. The van der Waals surface area contributed by atoms with E-state index in [4.69, 9.17) is 0 Å². The lowest BCUT2D eigenvalue weighted by atomic mass is 9.91. The fraction of sp³-hybridized carbons (Fsp3) is 0.333. The Hall–Kier alpha value is -4.19. The maximum atomic E-state index is 14.5. The number of aromatic nitrogens is 2. The standard InChI is InChI=1S/C27H26F3N5O4/c1-13-11-35(12-21(25(13)36)34-27(38)39)24-14-4-2-7-18(14)31-10-20(24)33-26(37)19-9-8-17(30)23(32-19)22-15(28)5-3-6-16(22)29/h3,5-6,8-10,13,21,25,34,36H,2,4,7,11-12H2,1H3,(H,33,37)(H,38,39)/t13-,21+,25-/m0/s1. The Morgan fingerprint density at radius 3 is 2.51 bits per heavy atom. The van der Waals surface area contributed by atoms with E-state index >= 15 is 0 Å². The summed E-state index contributed by atoms with van der Waals surface area (Å²) in [5, 5.41) is 24.9. The molecule has 1 aromatic carbocycles. The highest BCUT2D eigenvalue weighted by molar-refractivity contribution is 6.05. The fourth-order valence-corrected chi connectivity index (χ4v) is 5.34. The number of aliphatic hydroxyl groups is 1. The van der Waals surface area contributed by atoms with Gasteiger partial charge in [-0.15, -0.1) is 0 Å². The lowest BCUT2D eigenvalue weighted by Crippen LogP contribution is -2.58. The molecule has 0 spiro atoms. The van der Waals surface area contributed by atoms with Gasteiger partial charge in [0.2, 0.25) is 0 Å². The van der Waals surface area contributed by atoms with E-state index in [0.29, 0.717) is 24.3 Å². The number of aliphatic hydroxyl groups excluding tert-OH is 1. The number of carboxylic acid groups (broad SMARTS) is 1. The average molecular weight is 542 g/mol. The first-order valence-corrected chi connectivity index (χ1v) is 12.5. The van der Waals surface area contributed by atoms with Crippen LogP contribution < -0.4 is 15.5 Å². The molecule has 9 nitrogen and oxygen atoms in total. The van der Waals surface area contributed by atoms with Crippen LogP contribution in [0.5, 0.6) is 0 Å². The van der Waals surface area contributed by atoms with Gasteiger partial charge < -0.3 is 25.7 Å². The first-order chi connectivity index (χ1) is 18.6. The third-order valence-electron chi connectivity index (χ3n) is 7.15. The molecule has 2 amide bonds. The van der Waals surface area contributed by atoms with E-state index < -0.39 is 52.9 Å². The molecule has 2 aromatic heterocycles. The zero-order chi connectivity index (χ0) is 27.8. The summed E-state index contributed by atoms with van der Waals surface area (Å²) in [5.74, 6) is -4.07. The number of aryl methyl sites for hydroxylation is 1. The fourth-order valence-electron chi connectivity index (χ4n) is 5.34. The van der Waals surface area contributed by atoms with Crippen LogP contribution in [0.3, 0.4) is 0 Å². The summed E-state index contributed by atoms with van der Waals surface area (Å²) in [6, 6.07) is 4.34. The summed E-state index contributed by atoms with van der Waals surface area (Å²) in [6.45, 7) is 2.35. The minimum atomic E-state index is -1.26.